The molecule has 4 nitrogen and oxygen atoms in total. The largest absolute Gasteiger partial charge is 0.461 e. The van der Waals surface area contributed by atoms with E-state index in [2.05, 4.69) is 45.7 Å². The van der Waals surface area contributed by atoms with Crippen LogP contribution in [0.3, 0.4) is 0 Å². The average Bonchev–Trinajstić information content (AvgIpc) is 2.56. The lowest BCUT2D eigenvalue weighted by atomic mass is 9.76. The van der Waals surface area contributed by atoms with Crippen LogP contribution >= 0.6 is 0 Å². The van der Waals surface area contributed by atoms with Crippen molar-refractivity contribution in [3.05, 3.63) is 23.0 Å². The first-order chi connectivity index (χ1) is 11.7. The third kappa shape index (κ3) is 6.75. The molecule has 1 unspecified atom stereocenters. The second-order valence-electron chi connectivity index (χ2n) is 8.11. The zero-order valence-electron chi connectivity index (χ0n) is 17.2. The molecule has 0 saturated heterocycles. The summed E-state index contributed by atoms with van der Waals surface area (Å²) in [5.41, 5.74) is 8.64. The summed E-state index contributed by atoms with van der Waals surface area (Å²) in [4.78, 5) is 14.4. The van der Waals surface area contributed by atoms with Crippen LogP contribution in [0.1, 0.15) is 73.1 Å². The van der Waals surface area contributed by atoms with Crippen LogP contribution in [0.4, 0.5) is 0 Å². The summed E-state index contributed by atoms with van der Waals surface area (Å²) in [5, 5.41) is 0. The molecule has 0 spiro atoms. The van der Waals surface area contributed by atoms with Gasteiger partial charge in [-0.05, 0) is 49.2 Å². The smallest absolute Gasteiger partial charge is 0.354 e. The maximum absolute atomic E-state index is 12.0. The van der Waals surface area contributed by atoms with Crippen LogP contribution in [0.25, 0.3) is 0 Å². The highest BCUT2D eigenvalue weighted by molar-refractivity contribution is 5.89. The molecule has 0 bridgehead atoms. The van der Waals surface area contributed by atoms with E-state index in [1.165, 1.54) is 31.4 Å². The summed E-state index contributed by atoms with van der Waals surface area (Å²) in [6.45, 7) is 12.2. The molecule has 144 valence electrons. The quantitative estimate of drug-likeness (QED) is 0.487. The highest BCUT2D eigenvalue weighted by atomic mass is 16.5. The Morgan fingerprint density at radius 1 is 1.32 bits per heavy atom. The number of carbonyl (C=O) groups is 1. The molecule has 1 atom stereocenters. The number of rotatable bonds is 9. The maximum Gasteiger partial charge on any atom is 0.354 e. The Labute approximate surface area is 154 Å². The monoisotopic (exact) mass is 350 g/mol. The van der Waals surface area contributed by atoms with Gasteiger partial charge in [-0.3, -0.25) is 0 Å². The van der Waals surface area contributed by atoms with Crippen molar-refractivity contribution in [2.45, 2.75) is 73.1 Å². The van der Waals surface area contributed by atoms with Gasteiger partial charge < -0.3 is 15.4 Å². The molecular formula is C21H38N2O2. The van der Waals surface area contributed by atoms with Crippen molar-refractivity contribution in [1.82, 2.24) is 4.90 Å². The average molecular weight is 351 g/mol. The number of carbonyl (C=O) groups excluding carboxylic acids is 1. The summed E-state index contributed by atoms with van der Waals surface area (Å²) in [6.07, 6.45) is 8.95. The predicted octanol–water partition coefficient (Wildman–Crippen LogP) is 4.61. The minimum Gasteiger partial charge on any atom is -0.461 e. The lowest BCUT2D eigenvalue weighted by Gasteiger charge is -2.37. The minimum atomic E-state index is -0.400. The van der Waals surface area contributed by atoms with E-state index in [-0.39, 0.29) is 11.1 Å². The standard InChI is InChI=1S/C21H38N2O2/c1-7-10-11-16(8-2)15-23(6)18-12-17(13-21(4,5)14-18)19(22)20(24)25-9-3/h12,16H,7-11,13-15,22H2,1-6H3/b19-17-. The van der Waals surface area contributed by atoms with Gasteiger partial charge in [0, 0.05) is 19.3 Å². The van der Waals surface area contributed by atoms with E-state index in [1.54, 1.807) is 6.92 Å². The Morgan fingerprint density at radius 3 is 2.56 bits per heavy atom. The van der Waals surface area contributed by atoms with Crippen LogP contribution in [0, 0.1) is 11.3 Å². The Bertz CT molecular complexity index is 506. The summed E-state index contributed by atoms with van der Waals surface area (Å²) in [7, 11) is 2.17. The van der Waals surface area contributed by atoms with Gasteiger partial charge >= 0.3 is 5.97 Å². The summed E-state index contributed by atoms with van der Waals surface area (Å²) in [6, 6.07) is 0. The van der Waals surface area contributed by atoms with E-state index in [1.807, 2.05) is 0 Å². The SMILES string of the molecule is CCCCC(CC)CN(C)C1=C/C(=C(/N)C(=O)OCC)CC(C)(C)C1. The molecule has 0 heterocycles. The van der Waals surface area contributed by atoms with Gasteiger partial charge in [-0.15, -0.1) is 0 Å². The molecule has 1 aliphatic rings. The molecule has 1 rings (SSSR count). The maximum atomic E-state index is 12.0. The molecular weight excluding hydrogens is 312 g/mol. The van der Waals surface area contributed by atoms with Gasteiger partial charge in [0.1, 0.15) is 5.70 Å². The van der Waals surface area contributed by atoms with E-state index in [0.717, 1.165) is 25.0 Å². The van der Waals surface area contributed by atoms with Crippen molar-refractivity contribution in [2.24, 2.45) is 17.1 Å². The molecule has 0 fully saturated rings. The molecule has 1 aliphatic carbocycles. The van der Waals surface area contributed by atoms with Gasteiger partial charge in [0.2, 0.25) is 0 Å². The third-order valence-corrected chi connectivity index (χ3v) is 5.08. The Morgan fingerprint density at radius 2 is 2.00 bits per heavy atom. The number of unbranched alkanes of at least 4 members (excludes halogenated alkanes) is 1. The van der Waals surface area contributed by atoms with Crippen LogP contribution in [0.2, 0.25) is 0 Å². The van der Waals surface area contributed by atoms with Crippen LogP contribution in [0.15, 0.2) is 23.0 Å². The molecule has 2 N–H and O–H groups in total. The second-order valence-corrected chi connectivity index (χ2v) is 8.11. The zero-order valence-corrected chi connectivity index (χ0v) is 17.2. The number of nitrogens with zero attached hydrogens (tertiary/aromatic N) is 1. The molecule has 0 aliphatic heterocycles. The molecule has 0 aromatic carbocycles. The van der Waals surface area contributed by atoms with E-state index >= 15 is 0 Å². The first kappa shape index (κ1) is 21.6. The van der Waals surface area contributed by atoms with E-state index in [0.29, 0.717) is 12.5 Å². The fourth-order valence-corrected chi connectivity index (χ4v) is 3.55. The van der Waals surface area contributed by atoms with Crippen molar-refractivity contribution >= 4 is 5.97 Å². The van der Waals surface area contributed by atoms with Crippen LogP contribution in [-0.4, -0.2) is 31.1 Å². The van der Waals surface area contributed by atoms with Gasteiger partial charge in [-0.25, -0.2) is 4.79 Å². The molecule has 0 amide bonds. The van der Waals surface area contributed by atoms with Crippen LogP contribution in [0.5, 0.6) is 0 Å². The molecule has 0 aromatic heterocycles. The number of ether oxygens (including phenoxy) is 1. The fraction of sp³-hybridized carbons (Fsp3) is 0.762. The van der Waals surface area contributed by atoms with Gasteiger partial charge in [-0.2, -0.15) is 0 Å². The second kappa shape index (κ2) is 9.88. The van der Waals surface area contributed by atoms with Crippen LogP contribution < -0.4 is 5.73 Å². The number of allylic oxidation sites excluding steroid dienone is 3. The summed E-state index contributed by atoms with van der Waals surface area (Å²) < 4.78 is 5.08. The summed E-state index contributed by atoms with van der Waals surface area (Å²) >= 11 is 0. The molecule has 4 heteroatoms. The van der Waals surface area contributed by atoms with E-state index in [4.69, 9.17) is 10.5 Å². The fourth-order valence-electron chi connectivity index (χ4n) is 3.55. The predicted molar refractivity (Wildman–Crippen MR) is 105 cm³/mol. The number of nitrogens with two attached hydrogens (primary N) is 1. The van der Waals surface area contributed by atoms with Crippen molar-refractivity contribution in [3.63, 3.8) is 0 Å². The van der Waals surface area contributed by atoms with Gasteiger partial charge in [0.15, 0.2) is 0 Å². The topological polar surface area (TPSA) is 55.6 Å². The molecule has 0 aromatic rings. The van der Waals surface area contributed by atoms with Crippen molar-refractivity contribution in [1.29, 1.82) is 0 Å². The van der Waals surface area contributed by atoms with Crippen molar-refractivity contribution in [2.75, 3.05) is 20.2 Å². The Balaban J connectivity index is 2.98. The number of hydrogen-bond acceptors (Lipinski definition) is 4. The zero-order chi connectivity index (χ0) is 19.0. The lowest BCUT2D eigenvalue weighted by molar-refractivity contribution is -0.138. The first-order valence-electron chi connectivity index (χ1n) is 9.81. The highest BCUT2D eigenvalue weighted by Gasteiger charge is 2.30. The normalized spacial score (nSPS) is 19.8. The number of hydrogen-bond donors (Lipinski definition) is 1. The van der Waals surface area contributed by atoms with Gasteiger partial charge in [-0.1, -0.05) is 47.0 Å². The molecule has 0 radical (unpaired) electrons. The number of esters is 1. The first-order valence-corrected chi connectivity index (χ1v) is 9.81. The lowest BCUT2D eigenvalue weighted by Crippen LogP contribution is -2.31. The minimum absolute atomic E-state index is 0.0932. The summed E-state index contributed by atoms with van der Waals surface area (Å²) in [5.74, 6) is 0.313. The van der Waals surface area contributed by atoms with E-state index in [9.17, 15) is 4.79 Å². The van der Waals surface area contributed by atoms with Crippen molar-refractivity contribution in [3.8, 4) is 0 Å². The van der Waals surface area contributed by atoms with Gasteiger partial charge in [0.25, 0.3) is 0 Å². The van der Waals surface area contributed by atoms with Gasteiger partial charge in [0.05, 0.1) is 6.61 Å². The highest BCUT2D eigenvalue weighted by Crippen LogP contribution is 2.39. The van der Waals surface area contributed by atoms with Crippen molar-refractivity contribution < 1.29 is 9.53 Å². The molecule has 0 saturated carbocycles. The Kier molecular flexibility index (Phi) is 8.54. The molecule has 25 heavy (non-hydrogen) atoms. The third-order valence-electron chi connectivity index (χ3n) is 5.08. The van der Waals surface area contributed by atoms with Crippen LogP contribution in [-0.2, 0) is 9.53 Å². The van der Waals surface area contributed by atoms with E-state index < -0.39 is 5.97 Å². The Hall–Kier alpha value is -1.45.